The first kappa shape index (κ1) is 17.7. The van der Waals surface area contributed by atoms with Crippen LogP contribution in [0.1, 0.15) is 16.7 Å². The van der Waals surface area contributed by atoms with Gasteiger partial charge in [0.1, 0.15) is 6.07 Å². The number of anilines is 1. The number of hydrogen-bond acceptors (Lipinski definition) is 4. The topological polar surface area (TPSA) is 75.8 Å². The summed E-state index contributed by atoms with van der Waals surface area (Å²) in [5.41, 5.74) is 16.5. The molecule has 0 amide bonds. The molecule has 3 nitrogen and oxygen atoms in total. The van der Waals surface area contributed by atoms with Crippen molar-refractivity contribution in [2.45, 2.75) is 11.3 Å². The van der Waals surface area contributed by atoms with Crippen molar-refractivity contribution < 1.29 is 0 Å². The van der Waals surface area contributed by atoms with Crippen LogP contribution in [0, 0.1) is 11.3 Å². The predicted octanol–water partition coefficient (Wildman–Crippen LogP) is 4.80. The maximum atomic E-state index is 9.65. The van der Waals surface area contributed by atoms with E-state index in [0.29, 0.717) is 16.3 Å². The van der Waals surface area contributed by atoms with Gasteiger partial charge in [0.15, 0.2) is 0 Å². The van der Waals surface area contributed by atoms with Crippen LogP contribution < -0.4 is 11.5 Å². The van der Waals surface area contributed by atoms with Gasteiger partial charge in [-0.1, -0.05) is 72.4 Å². The number of nitrogens with two attached hydrogens (primary N) is 2. The number of rotatable bonds is 5. The number of nitriles is 1. The van der Waals surface area contributed by atoms with E-state index in [4.69, 9.17) is 11.5 Å². The van der Waals surface area contributed by atoms with Crippen LogP contribution in [-0.2, 0) is 6.42 Å². The minimum atomic E-state index is 0.447. The fraction of sp³-hybridized carbons (Fsp3) is 0.0455. The molecule has 0 atom stereocenters. The zero-order valence-corrected chi connectivity index (χ0v) is 15.0. The summed E-state index contributed by atoms with van der Waals surface area (Å²) in [6.07, 6.45) is 0.812. The molecule has 0 bridgehead atoms. The lowest BCUT2D eigenvalue weighted by molar-refractivity contribution is 1.19. The van der Waals surface area contributed by atoms with Gasteiger partial charge < -0.3 is 11.5 Å². The van der Waals surface area contributed by atoms with E-state index < -0.39 is 0 Å². The minimum absolute atomic E-state index is 0.447. The van der Waals surface area contributed by atoms with Crippen molar-refractivity contribution in [1.82, 2.24) is 0 Å². The third-order valence-electron chi connectivity index (χ3n) is 3.96. The van der Waals surface area contributed by atoms with Crippen LogP contribution in [0.2, 0.25) is 0 Å². The van der Waals surface area contributed by atoms with Gasteiger partial charge in [0.05, 0.1) is 10.6 Å². The number of nitrogen functional groups attached to an aromatic ring is 1. The maximum Gasteiger partial charge on any atom is 0.103 e. The monoisotopic (exact) mass is 357 g/mol. The standard InChI is InChI=1S/C22H19N3S/c23-15-19(22(25)26-21-12-5-4-11-20(21)24)18-10-6-9-17(14-18)13-16-7-2-1-3-8-16/h1-12,14H,13,24-25H2/b22-19+. The zero-order chi connectivity index (χ0) is 18.4. The lowest BCUT2D eigenvalue weighted by Crippen LogP contribution is -1.99. The number of benzene rings is 3. The predicted molar refractivity (Wildman–Crippen MR) is 109 cm³/mol. The SMILES string of the molecule is N#C/C(=C(/N)Sc1ccccc1N)c1cccc(Cc2ccccc2)c1. The van der Waals surface area contributed by atoms with Crippen molar-refractivity contribution in [2.75, 3.05) is 5.73 Å². The van der Waals surface area contributed by atoms with Gasteiger partial charge in [0, 0.05) is 10.6 Å². The largest absolute Gasteiger partial charge is 0.398 e. The highest BCUT2D eigenvalue weighted by Gasteiger charge is 2.10. The fourth-order valence-corrected chi connectivity index (χ4v) is 3.51. The average molecular weight is 357 g/mol. The lowest BCUT2D eigenvalue weighted by atomic mass is 10.00. The van der Waals surface area contributed by atoms with Crippen LogP contribution in [0.4, 0.5) is 5.69 Å². The molecule has 0 radical (unpaired) electrons. The van der Waals surface area contributed by atoms with E-state index in [-0.39, 0.29) is 0 Å². The van der Waals surface area contributed by atoms with E-state index in [0.717, 1.165) is 22.4 Å². The van der Waals surface area contributed by atoms with Gasteiger partial charge >= 0.3 is 0 Å². The number of para-hydroxylation sites is 1. The third-order valence-corrected chi connectivity index (χ3v) is 4.98. The first-order valence-electron chi connectivity index (χ1n) is 8.23. The van der Waals surface area contributed by atoms with E-state index in [1.54, 1.807) is 0 Å². The first-order valence-corrected chi connectivity index (χ1v) is 9.04. The van der Waals surface area contributed by atoms with Crippen LogP contribution in [0.25, 0.3) is 5.57 Å². The molecule has 4 heteroatoms. The van der Waals surface area contributed by atoms with Gasteiger partial charge in [0.25, 0.3) is 0 Å². The van der Waals surface area contributed by atoms with Gasteiger partial charge in [0.2, 0.25) is 0 Å². The van der Waals surface area contributed by atoms with E-state index in [1.165, 1.54) is 17.3 Å². The first-order chi connectivity index (χ1) is 12.7. The number of thioether (sulfide) groups is 1. The molecule has 0 fully saturated rings. The minimum Gasteiger partial charge on any atom is -0.398 e. The maximum absolute atomic E-state index is 9.65. The van der Waals surface area contributed by atoms with Crippen molar-refractivity contribution in [2.24, 2.45) is 5.73 Å². The smallest absolute Gasteiger partial charge is 0.103 e. The molecule has 3 aromatic carbocycles. The second kappa shape index (κ2) is 8.28. The highest BCUT2D eigenvalue weighted by Crippen LogP contribution is 2.32. The summed E-state index contributed by atoms with van der Waals surface area (Å²) >= 11 is 1.32. The molecule has 26 heavy (non-hydrogen) atoms. The molecule has 0 unspecified atom stereocenters. The Kier molecular flexibility index (Phi) is 5.62. The van der Waals surface area contributed by atoms with Crippen LogP contribution in [0.3, 0.4) is 0 Å². The Morgan fingerprint density at radius 1 is 0.885 bits per heavy atom. The molecule has 0 heterocycles. The number of allylic oxidation sites excluding steroid dienone is 1. The molecular formula is C22H19N3S. The van der Waals surface area contributed by atoms with Gasteiger partial charge in [-0.05, 0) is 41.3 Å². The van der Waals surface area contributed by atoms with Crippen LogP contribution >= 0.6 is 11.8 Å². The second-order valence-corrected chi connectivity index (χ2v) is 6.94. The normalized spacial score (nSPS) is 11.5. The van der Waals surface area contributed by atoms with Crippen molar-refractivity contribution in [1.29, 1.82) is 5.26 Å². The van der Waals surface area contributed by atoms with Gasteiger partial charge in [-0.25, -0.2) is 0 Å². The molecule has 0 saturated heterocycles. The van der Waals surface area contributed by atoms with E-state index >= 15 is 0 Å². The Bertz CT molecular complexity index is 972. The molecule has 0 aliphatic carbocycles. The third kappa shape index (κ3) is 4.27. The van der Waals surface area contributed by atoms with Gasteiger partial charge in [-0.3, -0.25) is 0 Å². The van der Waals surface area contributed by atoms with Crippen molar-refractivity contribution in [3.63, 3.8) is 0 Å². The molecule has 3 aromatic rings. The number of nitrogens with zero attached hydrogens (tertiary/aromatic N) is 1. The summed E-state index contributed by atoms with van der Waals surface area (Å²) in [6, 6.07) is 27.9. The molecular weight excluding hydrogens is 338 g/mol. The molecule has 0 spiro atoms. The highest BCUT2D eigenvalue weighted by atomic mass is 32.2. The summed E-state index contributed by atoms with van der Waals surface area (Å²) in [6.45, 7) is 0. The Labute approximate surface area is 158 Å². The molecule has 0 aromatic heterocycles. The highest BCUT2D eigenvalue weighted by molar-refractivity contribution is 8.03. The molecule has 3 rings (SSSR count). The Morgan fingerprint density at radius 2 is 1.58 bits per heavy atom. The summed E-state index contributed by atoms with van der Waals surface area (Å²) in [7, 11) is 0. The van der Waals surface area contributed by atoms with Gasteiger partial charge in [-0.15, -0.1) is 0 Å². The Morgan fingerprint density at radius 3 is 2.31 bits per heavy atom. The Balaban J connectivity index is 1.89. The summed E-state index contributed by atoms with van der Waals surface area (Å²) in [5.74, 6) is 0. The Hall–Kier alpha value is -3.16. The molecule has 128 valence electrons. The summed E-state index contributed by atoms with van der Waals surface area (Å²) in [5, 5.41) is 10.1. The van der Waals surface area contributed by atoms with Crippen molar-refractivity contribution >= 4 is 23.0 Å². The lowest BCUT2D eigenvalue weighted by Gasteiger charge is -2.09. The van der Waals surface area contributed by atoms with Gasteiger partial charge in [-0.2, -0.15) is 5.26 Å². The van der Waals surface area contributed by atoms with E-state index in [9.17, 15) is 5.26 Å². The van der Waals surface area contributed by atoms with E-state index in [1.807, 2.05) is 60.7 Å². The fourth-order valence-electron chi connectivity index (χ4n) is 2.67. The van der Waals surface area contributed by atoms with Crippen LogP contribution in [0.15, 0.2) is 88.8 Å². The van der Waals surface area contributed by atoms with Crippen LogP contribution in [-0.4, -0.2) is 0 Å². The summed E-state index contributed by atoms with van der Waals surface area (Å²) < 4.78 is 0. The van der Waals surface area contributed by atoms with Crippen molar-refractivity contribution in [3.8, 4) is 6.07 Å². The van der Waals surface area contributed by atoms with Crippen molar-refractivity contribution in [3.05, 3.63) is 101 Å². The average Bonchev–Trinajstić information content (AvgIpc) is 2.65. The summed E-state index contributed by atoms with van der Waals surface area (Å²) in [4.78, 5) is 0.846. The molecule has 0 saturated carbocycles. The zero-order valence-electron chi connectivity index (χ0n) is 14.2. The van der Waals surface area contributed by atoms with Crippen LogP contribution in [0.5, 0.6) is 0 Å². The molecule has 0 aliphatic heterocycles. The quantitative estimate of drug-likeness (QED) is 0.390. The van der Waals surface area contributed by atoms with E-state index in [2.05, 4.69) is 24.3 Å². The molecule has 0 aliphatic rings. The second-order valence-electron chi connectivity index (χ2n) is 5.85. The molecule has 4 N–H and O–H groups in total. The number of hydrogen-bond donors (Lipinski definition) is 2.